The fourth-order valence-corrected chi connectivity index (χ4v) is 2.35. The first-order chi connectivity index (χ1) is 13.1. The Bertz CT molecular complexity index is 938. The molecule has 0 aliphatic carbocycles. The first kappa shape index (κ1) is 18.3. The Kier molecular flexibility index (Phi) is 5.94. The van der Waals surface area contributed by atoms with Crippen LogP contribution in [0.15, 0.2) is 78.9 Å². The fourth-order valence-electron chi connectivity index (χ4n) is 2.35. The van der Waals surface area contributed by atoms with Gasteiger partial charge >= 0.3 is 0 Å². The smallest absolute Gasteiger partial charge is 0.248 e. The average molecular weight is 365 g/mol. The number of amides is 1. The maximum atomic E-state index is 13.1. The van der Waals surface area contributed by atoms with Gasteiger partial charge in [-0.2, -0.15) is 0 Å². The molecule has 5 heteroatoms. The second-order valence-electron chi connectivity index (χ2n) is 5.79. The topological polar surface area (TPSA) is 38.3 Å². The molecule has 0 heterocycles. The number of carbonyl (C=O) groups excluding carboxylic acids is 1. The summed E-state index contributed by atoms with van der Waals surface area (Å²) in [6, 6.07) is 20.3. The lowest BCUT2D eigenvalue weighted by Gasteiger charge is -2.06. The van der Waals surface area contributed by atoms with Gasteiger partial charge in [-0.25, -0.2) is 8.78 Å². The standard InChI is InChI=1S/C22H17F2NO2/c23-20-12-9-18(14-21(20)24)25-22(26)13-8-16-6-10-19(11-7-16)27-15-17-4-2-1-3-5-17/h1-14H,15H2,(H,25,26)/b13-8+. The molecule has 1 N–H and O–H groups in total. The molecule has 0 radical (unpaired) electrons. The van der Waals surface area contributed by atoms with Crippen LogP contribution < -0.4 is 10.1 Å². The van der Waals surface area contributed by atoms with Gasteiger partial charge in [0.1, 0.15) is 12.4 Å². The Morgan fingerprint density at radius 2 is 1.67 bits per heavy atom. The molecule has 27 heavy (non-hydrogen) atoms. The maximum absolute atomic E-state index is 13.1. The molecule has 0 saturated carbocycles. The predicted octanol–water partition coefficient (Wildman–Crippen LogP) is 5.20. The van der Waals surface area contributed by atoms with Gasteiger partial charge < -0.3 is 10.1 Å². The van der Waals surface area contributed by atoms with Gasteiger partial charge in [0.05, 0.1) is 0 Å². The highest BCUT2D eigenvalue weighted by atomic mass is 19.2. The summed E-state index contributed by atoms with van der Waals surface area (Å²) in [4.78, 5) is 11.9. The van der Waals surface area contributed by atoms with Crippen molar-refractivity contribution in [2.45, 2.75) is 6.61 Å². The highest BCUT2D eigenvalue weighted by molar-refractivity contribution is 6.01. The van der Waals surface area contributed by atoms with Crippen LogP contribution in [-0.2, 0) is 11.4 Å². The van der Waals surface area contributed by atoms with Crippen molar-refractivity contribution in [1.82, 2.24) is 0 Å². The quantitative estimate of drug-likeness (QED) is 0.610. The van der Waals surface area contributed by atoms with E-state index in [0.29, 0.717) is 6.61 Å². The van der Waals surface area contributed by atoms with E-state index in [2.05, 4.69) is 5.32 Å². The maximum Gasteiger partial charge on any atom is 0.248 e. The molecule has 3 nitrogen and oxygen atoms in total. The van der Waals surface area contributed by atoms with Gasteiger partial charge in [0, 0.05) is 17.8 Å². The molecule has 0 aromatic heterocycles. The van der Waals surface area contributed by atoms with Crippen molar-refractivity contribution in [1.29, 1.82) is 0 Å². The van der Waals surface area contributed by atoms with Crippen LogP contribution in [0.1, 0.15) is 11.1 Å². The van der Waals surface area contributed by atoms with Crippen molar-refractivity contribution in [2.75, 3.05) is 5.32 Å². The Morgan fingerprint density at radius 3 is 2.37 bits per heavy atom. The Labute approximate surface area is 155 Å². The Hall–Kier alpha value is -3.47. The number of benzene rings is 3. The molecule has 0 aliphatic rings. The van der Waals surface area contributed by atoms with Gasteiger partial charge in [0.2, 0.25) is 5.91 Å². The van der Waals surface area contributed by atoms with Gasteiger partial charge in [0.15, 0.2) is 11.6 Å². The third-order valence-electron chi connectivity index (χ3n) is 3.74. The number of carbonyl (C=O) groups is 1. The van der Waals surface area contributed by atoms with Crippen LogP contribution in [0, 0.1) is 11.6 Å². The minimum atomic E-state index is -1.01. The van der Waals surface area contributed by atoms with Crippen molar-refractivity contribution in [3.63, 3.8) is 0 Å². The van der Waals surface area contributed by atoms with Crippen molar-refractivity contribution < 1.29 is 18.3 Å². The normalized spacial score (nSPS) is 10.7. The highest BCUT2D eigenvalue weighted by Crippen LogP contribution is 2.16. The van der Waals surface area contributed by atoms with E-state index in [9.17, 15) is 13.6 Å². The summed E-state index contributed by atoms with van der Waals surface area (Å²) in [7, 11) is 0. The largest absolute Gasteiger partial charge is 0.489 e. The van der Waals surface area contributed by atoms with Crippen LogP contribution in [0.25, 0.3) is 6.08 Å². The van der Waals surface area contributed by atoms with Gasteiger partial charge in [-0.05, 0) is 41.5 Å². The van der Waals surface area contributed by atoms with Crippen molar-refractivity contribution in [2.24, 2.45) is 0 Å². The zero-order valence-corrected chi connectivity index (χ0v) is 14.4. The summed E-state index contributed by atoms with van der Waals surface area (Å²) < 4.78 is 31.7. The molecule has 0 spiro atoms. The molecule has 136 valence electrons. The van der Waals surface area contributed by atoms with E-state index in [0.717, 1.165) is 29.0 Å². The minimum absolute atomic E-state index is 0.188. The number of hydrogen-bond donors (Lipinski definition) is 1. The van der Waals surface area contributed by atoms with Gasteiger partial charge in [0.25, 0.3) is 0 Å². The Morgan fingerprint density at radius 1 is 0.926 bits per heavy atom. The number of hydrogen-bond acceptors (Lipinski definition) is 2. The van der Waals surface area contributed by atoms with E-state index in [-0.39, 0.29) is 5.69 Å². The van der Waals surface area contributed by atoms with E-state index >= 15 is 0 Å². The molecule has 0 fully saturated rings. The van der Waals surface area contributed by atoms with Crippen LogP contribution in [0.2, 0.25) is 0 Å². The number of ether oxygens (including phenoxy) is 1. The fraction of sp³-hybridized carbons (Fsp3) is 0.0455. The van der Waals surface area contributed by atoms with E-state index in [1.54, 1.807) is 6.08 Å². The monoisotopic (exact) mass is 365 g/mol. The molecule has 0 aliphatic heterocycles. The molecule has 1 amide bonds. The molecule has 0 saturated heterocycles. The SMILES string of the molecule is O=C(/C=C/c1ccc(OCc2ccccc2)cc1)Nc1ccc(F)c(F)c1. The van der Waals surface area contributed by atoms with Crippen LogP contribution in [-0.4, -0.2) is 5.91 Å². The molecule has 3 aromatic carbocycles. The predicted molar refractivity (Wildman–Crippen MR) is 101 cm³/mol. The summed E-state index contributed by atoms with van der Waals surface area (Å²) in [6.45, 7) is 0.479. The number of rotatable bonds is 6. The van der Waals surface area contributed by atoms with Crippen molar-refractivity contribution in [3.8, 4) is 5.75 Å². The van der Waals surface area contributed by atoms with Gasteiger partial charge in [-0.15, -0.1) is 0 Å². The zero-order chi connectivity index (χ0) is 19.1. The lowest BCUT2D eigenvalue weighted by molar-refractivity contribution is -0.111. The summed E-state index contributed by atoms with van der Waals surface area (Å²) in [5.74, 6) is -1.69. The van der Waals surface area contributed by atoms with Crippen LogP contribution >= 0.6 is 0 Å². The van der Waals surface area contributed by atoms with Crippen molar-refractivity contribution in [3.05, 3.63) is 102 Å². The molecule has 3 rings (SSSR count). The molecule has 0 unspecified atom stereocenters. The summed E-state index contributed by atoms with van der Waals surface area (Å²) >= 11 is 0. The third kappa shape index (κ3) is 5.51. The lowest BCUT2D eigenvalue weighted by atomic mass is 10.2. The van der Waals surface area contributed by atoms with Crippen LogP contribution in [0.3, 0.4) is 0 Å². The average Bonchev–Trinajstić information content (AvgIpc) is 2.69. The van der Waals surface area contributed by atoms with E-state index in [1.807, 2.05) is 54.6 Å². The zero-order valence-electron chi connectivity index (χ0n) is 14.4. The van der Waals surface area contributed by atoms with Gasteiger partial charge in [-0.3, -0.25) is 4.79 Å². The molecular weight excluding hydrogens is 348 g/mol. The van der Waals surface area contributed by atoms with E-state index < -0.39 is 17.5 Å². The first-order valence-corrected chi connectivity index (χ1v) is 8.31. The number of halogens is 2. The number of nitrogens with one attached hydrogen (secondary N) is 1. The third-order valence-corrected chi connectivity index (χ3v) is 3.74. The summed E-state index contributed by atoms with van der Waals surface area (Å²) in [5, 5.41) is 2.47. The molecule has 0 atom stereocenters. The second kappa shape index (κ2) is 8.76. The second-order valence-corrected chi connectivity index (χ2v) is 5.79. The highest BCUT2D eigenvalue weighted by Gasteiger charge is 2.04. The molecule has 0 bridgehead atoms. The Balaban J connectivity index is 1.53. The summed E-state index contributed by atoms with van der Waals surface area (Å²) in [5.41, 5.74) is 2.08. The lowest BCUT2D eigenvalue weighted by Crippen LogP contribution is -2.08. The molecular formula is C22H17F2NO2. The van der Waals surface area contributed by atoms with Crippen LogP contribution in [0.5, 0.6) is 5.75 Å². The van der Waals surface area contributed by atoms with Gasteiger partial charge in [-0.1, -0.05) is 42.5 Å². The minimum Gasteiger partial charge on any atom is -0.489 e. The summed E-state index contributed by atoms with van der Waals surface area (Å²) in [6.07, 6.45) is 2.94. The van der Waals surface area contributed by atoms with E-state index in [1.165, 1.54) is 12.1 Å². The number of anilines is 1. The molecule has 3 aromatic rings. The van der Waals surface area contributed by atoms with E-state index in [4.69, 9.17) is 4.74 Å². The first-order valence-electron chi connectivity index (χ1n) is 8.31. The van der Waals surface area contributed by atoms with Crippen molar-refractivity contribution >= 4 is 17.7 Å². The van der Waals surface area contributed by atoms with Crippen LogP contribution in [0.4, 0.5) is 14.5 Å².